The molecule has 116 valence electrons. The Bertz CT molecular complexity index is 478. The molecule has 21 heavy (non-hydrogen) atoms. The van der Waals surface area contributed by atoms with Crippen LogP contribution < -0.4 is 14.8 Å². The molecule has 1 aliphatic heterocycles. The minimum absolute atomic E-state index is 0.0466. The molecule has 0 radical (unpaired) electrons. The minimum Gasteiger partial charge on any atom is -0.497 e. The zero-order valence-corrected chi connectivity index (χ0v) is 13.3. The summed E-state index contributed by atoms with van der Waals surface area (Å²) in [7, 11) is 1.72. The molecule has 1 heterocycles. The largest absolute Gasteiger partial charge is 0.497 e. The van der Waals surface area contributed by atoms with E-state index in [1.165, 1.54) is 44.1 Å². The minimum atomic E-state index is 0.0466. The van der Waals surface area contributed by atoms with E-state index in [1.807, 2.05) is 6.07 Å². The van der Waals surface area contributed by atoms with E-state index in [2.05, 4.69) is 24.4 Å². The van der Waals surface area contributed by atoms with Gasteiger partial charge < -0.3 is 14.8 Å². The smallest absolute Gasteiger partial charge is 0.125 e. The number of nitrogens with one attached hydrogen (secondary N) is 1. The number of benzene rings is 1. The molecular weight excluding hydrogens is 262 g/mol. The van der Waals surface area contributed by atoms with Crippen molar-refractivity contribution in [3.8, 4) is 11.5 Å². The summed E-state index contributed by atoms with van der Waals surface area (Å²) < 4.78 is 11.9. The summed E-state index contributed by atoms with van der Waals surface area (Å²) in [5.41, 5.74) is 1.30. The summed E-state index contributed by atoms with van der Waals surface area (Å²) in [6, 6.07) is 6.61. The van der Waals surface area contributed by atoms with Crippen molar-refractivity contribution < 1.29 is 9.47 Å². The number of fused-ring (bicyclic) bond motifs is 1. The molecule has 1 aromatic carbocycles. The molecule has 1 saturated carbocycles. The van der Waals surface area contributed by atoms with Crippen molar-refractivity contribution in [1.82, 2.24) is 5.32 Å². The van der Waals surface area contributed by atoms with Crippen molar-refractivity contribution in [3.63, 3.8) is 0 Å². The van der Waals surface area contributed by atoms with Gasteiger partial charge in [-0.2, -0.15) is 0 Å². The van der Waals surface area contributed by atoms with Crippen LogP contribution in [-0.4, -0.2) is 19.3 Å². The van der Waals surface area contributed by atoms with Gasteiger partial charge in [-0.3, -0.25) is 0 Å². The van der Waals surface area contributed by atoms with Gasteiger partial charge in [-0.15, -0.1) is 0 Å². The number of hydrogen-bond acceptors (Lipinski definition) is 3. The molecule has 1 spiro atoms. The van der Waals surface area contributed by atoms with Gasteiger partial charge in [0.05, 0.1) is 7.11 Å². The lowest BCUT2D eigenvalue weighted by Crippen LogP contribution is -2.43. The van der Waals surface area contributed by atoms with E-state index < -0.39 is 0 Å². The van der Waals surface area contributed by atoms with E-state index in [0.717, 1.165) is 24.5 Å². The average Bonchev–Trinajstić information content (AvgIpc) is 2.73. The van der Waals surface area contributed by atoms with E-state index >= 15 is 0 Å². The molecule has 1 atom stereocenters. The summed E-state index contributed by atoms with van der Waals surface area (Å²) >= 11 is 0. The van der Waals surface area contributed by atoms with Gasteiger partial charge in [-0.25, -0.2) is 0 Å². The van der Waals surface area contributed by atoms with Crippen LogP contribution in [0.1, 0.15) is 63.5 Å². The lowest BCUT2D eigenvalue weighted by Gasteiger charge is -2.42. The van der Waals surface area contributed by atoms with Crippen LogP contribution in [0.15, 0.2) is 18.2 Å². The second-order valence-electron chi connectivity index (χ2n) is 6.42. The van der Waals surface area contributed by atoms with Crippen molar-refractivity contribution in [2.45, 2.75) is 63.5 Å². The van der Waals surface area contributed by atoms with Crippen LogP contribution in [-0.2, 0) is 0 Å². The Balaban J connectivity index is 1.93. The summed E-state index contributed by atoms with van der Waals surface area (Å²) in [6.07, 6.45) is 8.77. The van der Waals surface area contributed by atoms with Gasteiger partial charge >= 0.3 is 0 Å². The van der Waals surface area contributed by atoms with E-state index in [1.54, 1.807) is 7.11 Å². The monoisotopic (exact) mass is 289 g/mol. The summed E-state index contributed by atoms with van der Waals surface area (Å²) in [5, 5.41) is 3.65. The van der Waals surface area contributed by atoms with Gasteiger partial charge in [0.2, 0.25) is 0 Å². The van der Waals surface area contributed by atoms with Gasteiger partial charge in [0.15, 0.2) is 0 Å². The molecule has 1 unspecified atom stereocenters. The highest BCUT2D eigenvalue weighted by Crippen LogP contribution is 2.46. The van der Waals surface area contributed by atoms with Crippen LogP contribution in [0.3, 0.4) is 0 Å². The summed E-state index contributed by atoms with van der Waals surface area (Å²) in [6.45, 7) is 3.16. The molecule has 3 rings (SSSR count). The molecule has 3 heteroatoms. The third-order valence-corrected chi connectivity index (χ3v) is 4.96. The van der Waals surface area contributed by atoms with Gasteiger partial charge in [0, 0.05) is 18.0 Å². The average molecular weight is 289 g/mol. The third-order valence-electron chi connectivity index (χ3n) is 4.96. The molecule has 0 amide bonds. The molecule has 1 aliphatic carbocycles. The predicted octanol–water partition coefficient (Wildman–Crippen LogP) is 4.22. The molecule has 2 aliphatic rings. The predicted molar refractivity (Wildman–Crippen MR) is 85.1 cm³/mol. The Hall–Kier alpha value is -1.22. The first kappa shape index (κ1) is 14.7. The first-order chi connectivity index (χ1) is 10.3. The molecule has 1 N–H and O–H groups in total. The zero-order valence-electron chi connectivity index (χ0n) is 13.3. The Labute approximate surface area is 128 Å². The molecule has 0 saturated heterocycles. The van der Waals surface area contributed by atoms with E-state index in [0.29, 0.717) is 6.04 Å². The molecule has 0 bridgehead atoms. The quantitative estimate of drug-likeness (QED) is 0.903. The summed E-state index contributed by atoms with van der Waals surface area (Å²) in [4.78, 5) is 0. The van der Waals surface area contributed by atoms with E-state index in [-0.39, 0.29) is 5.60 Å². The van der Waals surface area contributed by atoms with Crippen LogP contribution >= 0.6 is 0 Å². The zero-order chi connectivity index (χ0) is 14.7. The van der Waals surface area contributed by atoms with Gasteiger partial charge in [0.1, 0.15) is 17.1 Å². The van der Waals surface area contributed by atoms with Crippen molar-refractivity contribution in [2.24, 2.45) is 0 Å². The van der Waals surface area contributed by atoms with Crippen molar-refractivity contribution in [2.75, 3.05) is 13.7 Å². The van der Waals surface area contributed by atoms with E-state index in [9.17, 15) is 0 Å². The Kier molecular flexibility index (Phi) is 4.39. The van der Waals surface area contributed by atoms with Crippen molar-refractivity contribution in [3.05, 3.63) is 23.8 Å². The van der Waals surface area contributed by atoms with Crippen LogP contribution in [0.4, 0.5) is 0 Å². The van der Waals surface area contributed by atoms with Crippen molar-refractivity contribution >= 4 is 0 Å². The van der Waals surface area contributed by atoms with Crippen LogP contribution in [0, 0.1) is 0 Å². The van der Waals surface area contributed by atoms with Crippen molar-refractivity contribution in [1.29, 1.82) is 0 Å². The number of methoxy groups -OCH3 is 1. The first-order valence-corrected chi connectivity index (χ1v) is 8.37. The van der Waals surface area contributed by atoms with Crippen LogP contribution in [0.2, 0.25) is 0 Å². The first-order valence-electron chi connectivity index (χ1n) is 8.37. The highest BCUT2D eigenvalue weighted by Gasteiger charge is 2.40. The maximum absolute atomic E-state index is 6.52. The summed E-state index contributed by atoms with van der Waals surface area (Å²) in [5.74, 6) is 1.96. The fraction of sp³-hybridized carbons (Fsp3) is 0.667. The lowest BCUT2D eigenvalue weighted by molar-refractivity contribution is 0.0162. The highest BCUT2D eigenvalue weighted by molar-refractivity contribution is 5.44. The van der Waals surface area contributed by atoms with Gasteiger partial charge in [0.25, 0.3) is 0 Å². The lowest BCUT2D eigenvalue weighted by atomic mass is 9.82. The number of hydrogen-bond donors (Lipinski definition) is 1. The molecule has 1 aromatic rings. The Morgan fingerprint density at radius 1 is 1.24 bits per heavy atom. The van der Waals surface area contributed by atoms with Crippen LogP contribution in [0.5, 0.6) is 11.5 Å². The fourth-order valence-electron chi connectivity index (χ4n) is 3.88. The maximum Gasteiger partial charge on any atom is 0.125 e. The second kappa shape index (κ2) is 6.27. The topological polar surface area (TPSA) is 30.5 Å². The Morgan fingerprint density at radius 2 is 2.00 bits per heavy atom. The van der Waals surface area contributed by atoms with Gasteiger partial charge in [-0.1, -0.05) is 19.8 Å². The normalized spacial score (nSPS) is 24.0. The standard InChI is InChI=1S/C18H27NO2/c1-3-19-16-13-18(10-6-4-5-7-11-18)21-17-9-8-14(20-2)12-15(16)17/h8-9,12,16,19H,3-7,10-11,13H2,1-2H3. The SMILES string of the molecule is CCNC1CC2(CCCCCC2)Oc2ccc(OC)cc21. The molecule has 1 fully saturated rings. The van der Waals surface area contributed by atoms with E-state index in [4.69, 9.17) is 9.47 Å². The third kappa shape index (κ3) is 3.03. The van der Waals surface area contributed by atoms with Crippen LogP contribution in [0.25, 0.3) is 0 Å². The second-order valence-corrected chi connectivity index (χ2v) is 6.42. The maximum atomic E-state index is 6.52. The Morgan fingerprint density at radius 3 is 2.67 bits per heavy atom. The number of ether oxygens (including phenoxy) is 2. The molecular formula is C18H27NO2. The number of rotatable bonds is 3. The molecule has 0 aromatic heterocycles. The fourth-order valence-corrected chi connectivity index (χ4v) is 3.88. The highest BCUT2D eigenvalue weighted by atomic mass is 16.5. The molecule has 3 nitrogen and oxygen atoms in total. The van der Waals surface area contributed by atoms with Gasteiger partial charge in [-0.05, 0) is 50.4 Å².